The molecule has 2 aromatic rings. The zero-order valence-corrected chi connectivity index (χ0v) is 18.7. The minimum absolute atomic E-state index is 0.0515. The fourth-order valence-electron chi connectivity index (χ4n) is 3.72. The number of aromatic nitrogens is 1. The average Bonchev–Trinajstić information content (AvgIpc) is 2.73. The van der Waals surface area contributed by atoms with E-state index in [0.717, 1.165) is 34.8 Å². The van der Waals surface area contributed by atoms with Crippen molar-refractivity contribution >= 4 is 10.0 Å². The molecule has 0 radical (unpaired) electrons. The number of hydrogen-bond donors (Lipinski definition) is 1. The van der Waals surface area contributed by atoms with Gasteiger partial charge >= 0.3 is 6.18 Å². The van der Waals surface area contributed by atoms with Crippen LogP contribution < -0.4 is 0 Å². The molecule has 0 saturated carbocycles. The Morgan fingerprint density at radius 3 is 2.21 bits per heavy atom. The zero-order chi connectivity index (χ0) is 24.7. The van der Waals surface area contributed by atoms with Crippen molar-refractivity contribution < 1.29 is 35.5 Å². The van der Waals surface area contributed by atoms with Crippen LogP contribution in [0.4, 0.5) is 22.0 Å². The third-order valence-electron chi connectivity index (χ3n) is 5.73. The van der Waals surface area contributed by atoms with E-state index in [1.54, 1.807) is 6.92 Å². The first-order valence-corrected chi connectivity index (χ1v) is 11.5. The van der Waals surface area contributed by atoms with Gasteiger partial charge in [0.05, 0.1) is 11.4 Å². The Balaban J connectivity index is 1.72. The molecule has 1 saturated heterocycles. The number of rotatable bonds is 6. The maximum atomic E-state index is 14.6. The van der Waals surface area contributed by atoms with E-state index in [4.69, 9.17) is 0 Å². The minimum Gasteiger partial charge on any atom is -0.376 e. The van der Waals surface area contributed by atoms with Gasteiger partial charge in [0, 0.05) is 43.6 Å². The molecule has 182 valence electrons. The van der Waals surface area contributed by atoms with Gasteiger partial charge in [-0.15, -0.1) is 0 Å². The van der Waals surface area contributed by atoms with Crippen LogP contribution in [0.5, 0.6) is 0 Å². The van der Waals surface area contributed by atoms with Crippen LogP contribution in [0.25, 0.3) is 0 Å². The first-order chi connectivity index (χ1) is 15.2. The number of benzene rings is 1. The second-order valence-electron chi connectivity index (χ2n) is 8.24. The van der Waals surface area contributed by atoms with Crippen LogP contribution in [0, 0.1) is 0 Å². The number of piperazine rings is 1. The Morgan fingerprint density at radius 2 is 1.70 bits per heavy atom. The van der Waals surface area contributed by atoms with Crippen molar-refractivity contribution in [1.29, 1.82) is 0 Å². The lowest BCUT2D eigenvalue weighted by molar-refractivity contribution is -0.258. The lowest BCUT2D eigenvalue weighted by Crippen LogP contribution is -2.55. The van der Waals surface area contributed by atoms with Crippen molar-refractivity contribution in [2.45, 2.75) is 42.5 Å². The van der Waals surface area contributed by atoms with Gasteiger partial charge in [-0.3, -0.25) is 9.88 Å². The lowest BCUT2D eigenvalue weighted by atomic mass is 9.96. The van der Waals surface area contributed by atoms with E-state index in [9.17, 15) is 35.5 Å². The molecule has 1 N–H and O–H groups in total. The number of sulfonamides is 1. The molecule has 2 unspecified atom stereocenters. The third kappa shape index (κ3) is 5.18. The molecule has 0 amide bonds. The SMILES string of the molecule is CC1CN(CC(F)(F)c2cccnc2)CCN1S(=O)(=O)c1ccc(C(C)(O)C(F)(F)F)cc1. The Labute approximate surface area is 188 Å². The average molecular weight is 493 g/mol. The van der Waals surface area contributed by atoms with Gasteiger partial charge in [0.15, 0.2) is 5.60 Å². The molecule has 3 rings (SSSR count). The van der Waals surface area contributed by atoms with Gasteiger partial charge in [0.25, 0.3) is 5.92 Å². The molecule has 2 heterocycles. The van der Waals surface area contributed by atoms with Crippen molar-refractivity contribution in [1.82, 2.24) is 14.2 Å². The standard InChI is InChI=1S/C21H24F5N3O3S/c1-15-13-28(14-20(22,23)17-4-3-9-27-12-17)10-11-29(15)33(31,32)18-7-5-16(6-8-18)19(2,30)21(24,25)26/h3-9,12,15,30H,10-11,13-14H2,1-2H3. The van der Waals surface area contributed by atoms with Gasteiger partial charge in [0.2, 0.25) is 10.0 Å². The van der Waals surface area contributed by atoms with Gasteiger partial charge in [-0.05, 0) is 43.7 Å². The minimum atomic E-state index is -4.93. The van der Waals surface area contributed by atoms with Crippen LogP contribution in [0.15, 0.2) is 53.7 Å². The molecule has 1 fully saturated rings. The van der Waals surface area contributed by atoms with E-state index in [2.05, 4.69) is 4.98 Å². The summed E-state index contributed by atoms with van der Waals surface area (Å²) < 4.78 is 95.4. The molecule has 1 aromatic heterocycles. The number of nitrogens with zero attached hydrogens (tertiary/aromatic N) is 3. The highest BCUT2D eigenvalue weighted by atomic mass is 32.2. The molecule has 0 aliphatic carbocycles. The van der Waals surface area contributed by atoms with Crippen molar-refractivity contribution in [3.8, 4) is 0 Å². The van der Waals surface area contributed by atoms with Gasteiger partial charge in [-0.1, -0.05) is 12.1 Å². The monoisotopic (exact) mass is 493 g/mol. The normalized spacial score (nSPS) is 21.0. The summed E-state index contributed by atoms with van der Waals surface area (Å²) in [6.45, 7) is 1.61. The first kappa shape index (κ1) is 25.5. The van der Waals surface area contributed by atoms with E-state index < -0.39 is 45.9 Å². The maximum Gasteiger partial charge on any atom is 0.421 e. The Kier molecular flexibility index (Phi) is 6.87. The highest BCUT2D eigenvalue weighted by Gasteiger charge is 2.51. The second kappa shape index (κ2) is 8.90. The second-order valence-corrected chi connectivity index (χ2v) is 10.1. The lowest BCUT2D eigenvalue weighted by Gasteiger charge is -2.40. The predicted molar refractivity (Wildman–Crippen MR) is 110 cm³/mol. The molecule has 1 aliphatic rings. The van der Waals surface area contributed by atoms with Gasteiger partial charge in [-0.25, -0.2) is 8.42 Å². The summed E-state index contributed by atoms with van der Waals surface area (Å²) >= 11 is 0. The fraction of sp³-hybridized carbons (Fsp3) is 0.476. The van der Waals surface area contributed by atoms with Gasteiger partial charge < -0.3 is 5.11 Å². The summed E-state index contributed by atoms with van der Waals surface area (Å²) in [6.07, 6.45) is -2.46. The summed E-state index contributed by atoms with van der Waals surface area (Å²) in [6, 6.07) is 5.87. The van der Waals surface area contributed by atoms with Crippen molar-refractivity contribution in [2.75, 3.05) is 26.2 Å². The topological polar surface area (TPSA) is 73.7 Å². The number of pyridine rings is 1. The Morgan fingerprint density at radius 1 is 1.06 bits per heavy atom. The van der Waals surface area contributed by atoms with Crippen LogP contribution in [-0.4, -0.2) is 66.1 Å². The van der Waals surface area contributed by atoms with E-state index in [1.165, 1.54) is 23.2 Å². The van der Waals surface area contributed by atoms with Crippen molar-refractivity contribution in [3.05, 3.63) is 59.9 Å². The van der Waals surface area contributed by atoms with E-state index >= 15 is 0 Å². The van der Waals surface area contributed by atoms with Gasteiger partial charge in [-0.2, -0.15) is 26.3 Å². The summed E-state index contributed by atoms with van der Waals surface area (Å²) in [5.74, 6) is -3.17. The highest BCUT2D eigenvalue weighted by molar-refractivity contribution is 7.89. The summed E-state index contributed by atoms with van der Waals surface area (Å²) in [5, 5.41) is 9.76. The number of alkyl halides is 5. The molecule has 1 aromatic carbocycles. The number of aliphatic hydroxyl groups is 1. The van der Waals surface area contributed by atoms with E-state index in [1.807, 2.05) is 0 Å². The molecule has 12 heteroatoms. The summed E-state index contributed by atoms with van der Waals surface area (Å²) in [4.78, 5) is 4.93. The quantitative estimate of drug-likeness (QED) is 0.625. The molecule has 0 bridgehead atoms. The largest absolute Gasteiger partial charge is 0.421 e. The van der Waals surface area contributed by atoms with E-state index in [-0.39, 0.29) is 30.1 Å². The Hall–Kier alpha value is -2.15. The fourth-order valence-corrected chi connectivity index (χ4v) is 5.33. The van der Waals surface area contributed by atoms with Crippen LogP contribution in [0.2, 0.25) is 0 Å². The molecule has 1 aliphatic heterocycles. The summed E-state index contributed by atoms with van der Waals surface area (Å²) in [5.41, 5.74) is -3.86. The summed E-state index contributed by atoms with van der Waals surface area (Å²) in [7, 11) is -4.08. The molecule has 33 heavy (non-hydrogen) atoms. The zero-order valence-electron chi connectivity index (χ0n) is 17.9. The number of hydrogen-bond acceptors (Lipinski definition) is 5. The molecule has 2 atom stereocenters. The smallest absolute Gasteiger partial charge is 0.376 e. The third-order valence-corrected chi connectivity index (χ3v) is 7.76. The van der Waals surface area contributed by atoms with Crippen LogP contribution >= 0.6 is 0 Å². The first-order valence-electron chi connectivity index (χ1n) is 10.1. The van der Waals surface area contributed by atoms with Crippen molar-refractivity contribution in [3.63, 3.8) is 0 Å². The van der Waals surface area contributed by atoms with Crippen LogP contribution in [0.1, 0.15) is 25.0 Å². The maximum absolute atomic E-state index is 14.6. The molecular weight excluding hydrogens is 469 g/mol. The molecular formula is C21H24F5N3O3S. The molecule has 6 nitrogen and oxygen atoms in total. The van der Waals surface area contributed by atoms with Crippen LogP contribution in [0.3, 0.4) is 0 Å². The Bertz CT molecular complexity index is 1060. The highest BCUT2D eigenvalue weighted by Crippen LogP contribution is 2.39. The van der Waals surface area contributed by atoms with E-state index in [0.29, 0.717) is 6.92 Å². The van der Waals surface area contributed by atoms with Crippen molar-refractivity contribution in [2.24, 2.45) is 0 Å². The van der Waals surface area contributed by atoms with Crippen LogP contribution in [-0.2, 0) is 21.5 Å². The van der Waals surface area contributed by atoms with Gasteiger partial charge in [0.1, 0.15) is 0 Å². The number of halogens is 5. The predicted octanol–water partition coefficient (Wildman–Crippen LogP) is 3.34. The molecule has 0 spiro atoms.